The number of hydrogen-bond donors (Lipinski definition) is 1. The van der Waals surface area contributed by atoms with Gasteiger partial charge in [0.1, 0.15) is 23.2 Å². The van der Waals surface area contributed by atoms with Gasteiger partial charge in [-0.2, -0.15) is 5.26 Å². The summed E-state index contributed by atoms with van der Waals surface area (Å²) in [5.74, 6) is 0.765. The first kappa shape index (κ1) is 22.0. The molecular weight excluding hydrogens is 418 g/mol. The third-order valence-corrected chi connectivity index (χ3v) is 4.85. The predicted molar refractivity (Wildman–Crippen MR) is 116 cm³/mol. The smallest absolute Gasteiger partial charge is 0.244 e. The summed E-state index contributed by atoms with van der Waals surface area (Å²) in [4.78, 5) is 13.0. The van der Waals surface area contributed by atoms with Crippen molar-refractivity contribution in [3.05, 3.63) is 53.1 Å². The Balaban J connectivity index is 2.23. The standard InChI is InChI=1S/C21H21N5O4S/c1-12-6-13(2)24-14(3)20(12)30-21-17(26-31(5,27)28)8-18(29-4)19(25-21)16-7-15(9-22)10-23-11-16/h6-8,10-11,26H,1-5H3. The number of nitriles is 1. The van der Waals surface area contributed by atoms with Gasteiger partial charge in [-0.15, -0.1) is 0 Å². The van der Waals surface area contributed by atoms with Crippen molar-refractivity contribution in [1.29, 1.82) is 5.26 Å². The zero-order valence-electron chi connectivity index (χ0n) is 17.7. The minimum Gasteiger partial charge on any atom is -0.494 e. The highest BCUT2D eigenvalue weighted by Gasteiger charge is 2.20. The molecule has 0 spiro atoms. The van der Waals surface area contributed by atoms with Crippen LogP contribution in [0.25, 0.3) is 11.3 Å². The molecule has 0 aliphatic carbocycles. The largest absolute Gasteiger partial charge is 0.494 e. The Morgan fingerprint density at radius 2 is 1.84 bits per heavy atom. The van der Waals surface area contributed by atoms with Crippen LogP contribution in [0.4, 0.5) is 5.69 Å². The second-order valence-electron chi connectivity index (χ2n) is 6.94. The number of nitrogens with one attached hydrogen (secondary N) is 1. The Hall–Kier alpha value is -3.71. The SMILES string of the molecule is COc1cc(NS(C)(=O)=O)c(Oc2c(C)cc(C)nc2C)nc1-c1cncc(C#N)c1. The lowest BCUT2D eigenvalue weighted by atomic mass is 10.1. The Bertz CT molecular complexity index is 1280. The summed E-state index contributed by atoms with van der Waals surface area (Å²) in [7, 11) is -2.19. The van der Waals surface area contributed by atoms with Gasteiger partial charge in [0.05, 0.1) is 24.6 Å². The third-order valence-electron chi connectivity index (χ3n) is 4.26. The van der Waals surface area contributed by atoms with Crippen LogP contribution >= 0.6 is 0 Å². The van der Waals surface area contributed by atoms with Crippen LogP contribution in [0.5, 0.6) is 17.4 Å². The first-order valence-electron chi connectivity index (χ1n) is 9.16. The van der Waals surface area contributed by atoms with Gasteiger partial charge in [-0.3, -0.25) is 14.7 Å². The van der Waals surface area contributed by atoms with E-state index in [0.717, 1.165) is 17.5 Å². The summed E-state index contributed by atoms with van der Waals surface area (Å²) in [6, 6.07) is 6.97. The minimum absolute atomic E-state index is 0.0143. The van der Waals surface area contributed by atoms with E-state index < -0.39 is 10.0 Å². The van der Waals surface area contributed by atoms with Crippen molar-refractivity contribution in [2.75, 3.05) is 18.1 Å². The van der Waals surface area contributed by atoms with Crippen molar-refractivity contribution in [3.63, 3.8) is 0 Å². The Morgan fingerprint density at radius 1 is 1.10 bits per heavy atom. The Kier molecular flexibility index (Phi) is 6.08. The molecule has 160 valence electrons. The average Bonchev–Trinajstić information content (AvgIpc) is 2.70. The number of hydrogen-bond acceptors (Lipinski definition) is 8. The van der Waals surface area contributed by atoms with Crippen molar-refractivity contribution in [3.8, 4) is 34.7 Å². The van der Waals surface area contributed by atoms with Gasteiger partial charge < -0.3 is 9.47 Å². The fourth-order valence-corrected chi connectivity index (χ4v) is 3.63. The summed E-state index contributed by atoms with van der Waals surface area (Å²) >= 11 is 0. The molecule has 9 nitrogen and oxygen atoms in total. The normalized spacial score (nSPS) is 11.0. The number of aromatic nitrogens is 3. The van der Waals surface area contributed by atoms with Crippen LogP contribution in [-0.2, 0) is 10.0 Å². The number of aryl methyl sites for hydroxylation is 3. The molecule has 0 saturated carbocycles. The minimum atomic E-state index is -3.63. The Labute approximate surface area is 180 Å². The van der Waals surface area contributed by atoms with Gasteiger partial charge in [0, 0.05) is 29.7 Å². The van der Waals surface area contributed by atoms with Crippen molar-refractivity contribution in [1.82, 2.24) is 15.0 Å². The van der Waals surface area contributed by atoms with Crippen molar-refractivity contribution < 1.29 is 17.9 Å². The van der Waals surface area contributed by atoms with Crippen LogP contribution in [0.2, 0.25) is 0 Å². The quantitative estimate of drug-likeness (QED) is 0.618. The van der Waals surface area contributed by atoms with E-state index in [1.807, 2.05) is 26.0 Å². The Morgan fingerprint density at radius 3 is 2.45 bits per heavy atom. The van der Waals surface area contributed by atoms with Gasteiger partial charge in [0.2, 0.25) is 15.9 Å². The number of rotatable bonds is 6. The van der Waals surface area contributed by atoms with E-state index in [9.17, 15) is 13.7 Å². The van der Waals surface area contributed by atoms with Crippen LogP contribution in [-0.4, -0.2) is 36.7 Å². The van der Waals surface area contributed by atoms with E-state index in [1.54, 1.807) is 13.0 Å². The molecule has 0 saturated heterocycles. The molecule has 3 aromatic heterocycles. The fraction of sp³-hybridized carbons (Fsp3) is 0.238. The number of sulfonamides is 1. The summed E-state index contributed by atoms with van der Waals surface area (Å²) in [5, 5.41) is 9.19. The van der Waals surface area contributed by atoms with E-state index in [-0.39, 0.29) is 17.3 Å². The summed E-state index contributed by atoms with van der Waals surface area (Å²) < 4.78 is 37.7. The highest BCUT2D eigenvalue weighted by atomic mass is 32.2. The number of methoxy groups -OCH3 is 1. The number of pyridine rings is 3. The zero-order chi connectivity index (χ0) is 22.8. The molecule has 3 aromatic rings. The van der Waals surface area contributed by atoms with Crippen LogP contribution in [0.3, 0.4) is 0 Å². The first-order chi connectivity index (χ1) is 14.6. The number of anilines is 1. The van der Waals surface area contributed by atoms with Gasteiger partial charge in [-0.05, 0) is 38.5 Å². The van der Waals surface area contributed by atoms with Crippen LogP contribution in [0.1, 0.15) is 22.5 Å². The zero-order valence-corrected chi connectivity index (χ0v) is 18.5. The molecule has 0 amide bonds. The molecule has 0 bridgehead atoms. The van der Waals surface area contributed by atoms with Crippen molar-refractivity contribution in [2.24, 2.45) is 0 Å². The van der Waals surface area contributed by atoms with Gasteiger partial charge in [0.25, 0.3) is 0 Å². The van der Waals surface area contributed by atoms with Crippen molar-refractivity contribution >= 4 is 15.7 Å². The van der Waals surface area contributed by atoms with Crippen LogP contribution in [0.15, 0.2) is 30.6 Å². The summed E-state index contributed by atoms with van der Waals surface area (Å²) in [6.45, 7) is 5.54. The van der Waals surface area contributed by atoms with Crippen LogP contribution < -0.4 is 14.2 Å². The van der Waals surface area contributed by atoms with Gasteiger partial charge in [-0.1, -0.05) is 0 Å². The predicted octanol–water partition coefficient (Wildman–Crippen LogP) is 3.51. The molecule has 0 atom stereocenters. The molecule has 0 aliphatic heterocycles. The van der Waals surface area contributed by atoms with Gasteiger partial charge >= 0.3 is 0 Å². The molecule has 1 N–H and O–H groups in total. The van der Waals surface area contributed by atoms with E-state index in [1.165, 1.54) is 25.6 Å². The first-order valence-corrected chi connectivity index (χ1v) is 11.1. The second kappa shape index (κ2) is 8.57. The lowest BCUT2D eigenvalue weighted by Crippen LogP contribution is -2.12. The molecule has 0 radical (unpaired) electrons. The van der Waals surface area contributed by atoms with E-state index in [0.29, 0.717) is 28.3 Å². The maximum absolute atomic E-state index is 11.9. The maximum atomic E-state index is 11.9. The molecule has 3 rings (SSSR count). The van der Waals surface area contributed by atoms with E-state index >= 15 is 0 Å². The third kappa shape index (κ3) is 5.07. The van der Waals surface area contributed by atoms with Gasteiger partial charge in [0.15, 0.2) is 5.75 Å². The molecule has 0 aromatic carbocycles. The highest BCUT2D eigenvalue weighted by Crippen LogP contribution is 2.39. The molecule has 0 unspecified atom stereocenters. The van der Waals surface area contributed by atoms with E-state index in [2.05, 4.69) is 19.7 Å². The van der Waals surface area contributed by atoms with E-state index in [4.69, 9.17) is 9.47 Å². The summed E-state index contributed by atoms with van der Waals surface area (Å²) in [5.41, 5.74) is 3.60. The van der Waals surface area contributed by atoms with Gasteiger partial charge in [-0.25, -0.2) is 13.4 Å². The summed E-state index contributed by atoms with van der Waals surface area (Å²) in [6.07, 6.45) is 3.99. The number of ether oxygens (including phenoxy) is 2. The molecule has 3 heterocycles. The molecule has 10 heteroatoms. The lowest BCUT2D eigenvalue weighted by molar-refractivity contribution is 0.410. The topological polar surface area (TPSA) is 127 Å². The number of nitrogens with zero attached hydrogens (tertiary/aromatic N) is 4. The fourth-order valence-electron chi connectivity index (χ4n) is 3.08. The molecule has 0 fully saturated rings. The lowest BCUT2D eigenvalue weighted by Gasteiger charge is -2.17. The van der Waals surface area contributed by atoms with Crippen molar-refractivity contribution in [2.45, 2.75) is 20.8 Å². The monoisotopic (exact) mass is 439 g/mol. The average molecular weight is 439 g/mol. The molecule has 0 aliphatic rings. The second-order valence-corrected chi connectivity index (χ2v) is 8.69. The highest BCUT2D eigenvalue weighted by molar-refractivity contribution is 7.92. The maximum Gasteiger partial charge on any atom is 0.244 e. The molecular formula is C21H21N5O4S. The van der Waals surface area contributed by atoms with Crippen LogP contribution in [0, 0.1) is 32.1 Å². The molecule has 31 heavy (non-hydrogen) atoms.